The fraction of sp³-hybridized carbons (Fsp3) is 0.467. The van der Waals surface area contributed by atoms with Crippen molar-refractivity contribution in [3.63, 3.8) is 0 Å². The fourth-order valence-corrected chi connectivity index (χ4v) is 2.30. The van der Waals surface area contributed by atoms with Crippen molar-refractivity contribution in [2.75, 3.05) is 0 Å². The molecule has 18 heavy (non-hydrogen) atoms. The SMILES string of the molecule is CCn1cc(CC(C)c2cc(C)ccc2C)nn1. The van der Waals surface area contributed by atoms with Gasteiger partial charge in [-0.2, -0.15) is 0 Å². The van der Waals surface area contributed by atoms with E-state index in [-0.39, 0.29) is 0 Å². The highest BCUT2D eigenvalue weighted by Gasteiger charge is 2.11. The van der Waals surface area contributed by atoms with Crippen LogP contribution >= 0.6 is 0 Å². The van der Waals surface area contributed by atoms with E-state index in [0.29, 0.717) is 5.92 Å². The molecule has 0 spiro atoms. The second kappa shape index (κ2) is 5.34. The first-order valence-electron chi connectivity index (χ1n) is 6.56. The van der Waals surface area contributed by atoms with E-state index in [1.807, 2.05) is 10.9 Å². The Kier molecular flexibility index (Phi) is 3.80. The zero-order valence-corrected chi connectivity index (χ0v) is 11.6. The van der Waals surface area contributed by atoms with Gasteiger partial charge in [0.25, 0.3) is 0 Å². The van der Waals surface area contributed by atoms with E-state index in [1.165, 1.54) is 16.7 Å². The smallest absolute Gasteiger partial charge is 0.0833 e. The number of aryl methyl sites for hydroxylation is 3. The zero-order valence-electron chi connectivity index (χ0n) is 11.6. The van der Waals surface area contributed by atoms with Crippen molar-refractivity contribution in [2.24, 2.45) is 0 Å². The largest absolute Gasteiger partial charge is 0.253 e. The predicted molar refractivity (Wildman–Crippen MR) is 73.7 cm³/mol. The molecule has 0 saturated heterocycles. The molecule has 0 N–H and O–H groups in total. The van der Waals surface area contributed by atoms with E-state index >= 15 is 0 Å². The van der Waals surface area contributed by atoms with Crippen LogP contribution in [0.1, 0.15) is 42.1 Å². The van der Waals surface area contributed by atoms with Gasteiger partial charge in [-0.05, 0) is 44.2 Å². The van der Waals surface area contributed by atoms with Crippen LogP contribution in [0, 0.1) is 13.8 Å². The second-order valence-electron chi connectivity index (χ2n) is 5.03. The van der Waals surface area contributed by atoms with Gasteiger partial charge in [0.1, 0.15) is 0 Å². The molecule has 0 aliphatic heterocycles. The van der Waals surface area contributed by atoms with Gasteiger partial charge in [0.15, 0.2) is 0 Å². The summed E-state index contributed by atoms with van der Waals surface area (Å²) in [4.78, 5) is 0. The van der Waals surface area contributed by atoms with Crippen LogP contribution in [0.5, 0.6) is 0 Å². The average Bonchev–Trinajstić information content (AvgIpc) is 2.80. The van der Waals surface area contributed by atoms with Crippen molar-refractivity contribution < 1.29 is 0 Å². The minimum absolute atomic E-state index is 0.479. The highest BCUT2D eigenvalue weighted by Crippen LogP contribution is 2.23. The maximum atomic E-state index is 4.22. The Labute approximate surface area is 109 Å². The molecule has 0 fully saturated rings. The first-order chi connectivity index (χ1) is 8.60. The van der Waals surface area contributed by atoms with E-state index in [0.717, 1.165) is 18.7 Å². The standard InChI is InChI=1S/C15H21N3/c1-5-18-10-14(16-17-18)9-13(4)15-8-11(2)6-7-12(15)3/h6-8,10,13H,5,9H2,1-4H3. The molecule has 1 aromatic heterocycles. The summed E-state index contributed by atoms with van der Waals surface area (Å²) in [5.41, 5.74) is 5.17. The molecule has 0 aliphatic carbocycles. The van der Waals surface area contributed by atoms with Gasteiger partial charge < -0.3 is 0 Å². The lowest BCUT2D eigenvalue weighted by Crippen LogP contribution is -2.01. The lowest BCUT2D eigenvalue weighted by Gasteiger charge is -2.14. The quantitative estimate of drug-likeness (QED) is 0.825. The third-order valence-corrected chi connectivity index (χ3v) is 3.39. The Morgan fingerprint density at radius 2 is 2.06 bits per heavy atom. The minimum Gasteiger partial charge on any atom is -0.253 e. The number of benzene rings is 1. The molecular weight excluding hydrogens is 222 g/mol. The van der Waals surface area contributed by atoms with Crippen molar-refractivity contribution in [3.8, 4) is 0 Å². The molecule has 0 aliphatic rings. The van der Waals surface area contributed by atoms with Crippen LogP contribution in [0.15, 0.2) is 24.4 Å². The van der Waals surface area contributed by atoms with Gasteiger partial charge in [-0.3, -0.25) is 4.68 Å². The topological polar surface area (TPSA) is 30.7 Å². The Morgan fingerprint density at radius 1 is 1.28 bits per heavy atom. The number of nitrogens with zero attached hydrogens (tertiary/aromatic N) is 3. The number of hydrogen-bond donors (Lipinski definition) is 0. The summed E-state index contributed by atoms with van der Waals surface area (Å²) in [5, 5.41) is 8.31. The molecular formula is C15H21N3. The molecule has 96 valence electrons. The van der Waals surface area contributed by atoms with E-state index in [9.17, 15) is 0 Å². The number of hydrogen-bond acceptors (Lipinski definition) is 2. The Bertz CT molecular complexity index is 528. The first-order valence-corrected chi connectivity index (χ1v) is 6.56. The molecule has 1 atom stereocenters. The van der Waals surface area contributed by atoms with Crippen LogP contribution in [-0.4, -0.2) is 15.0 Å². The summed E-state index contributed by atoms with van der Waals surface area (Å²) >= 11 is 0. The lowest BCUT2D eigenvalue weighted by atomic mass is 9.91. The van der Waals surface area contributed by atoms with Gasteiger partial charge in [0, 0.05) is 12.7 Å². The van der Waals surface area contributed by atoms with Crippen LogP contribution in [0.3, 0.4) is 0 Å². The molecule has 0 amide bonds. The second-order valence-corrected chi connectivity index (χ2v) is 5.03. The highest BCUT2D eigenvalue weighted by atomic mass is 15.4. The summed E-state index contributed by atoms with van der Waals surface area (Å²) < 4.78 is 1.88. The molecule has 1 heterocycles. The van der Waals surface area contributed by atoms with Crippen molar-refractivity contribution in [1.29, 1.82) is 0 Å². The van der Waals surface area contributed by atoms with Crippen molar-refractivity contribution >= 4 is 0 Å². The summed E-state index contributed by atoms with van der Waals surface area (Å²) in [6, 6.07) is 6.65. The van der Waals surface area contributed by atoms with Gasteiger partial charge in [-0.15, -0.1) is 5.10 Å². The molecule has 0 saturated carbocycles. The Hall–Kier alpha value is -1.64. The van der Waals surface area contributed by atoms with Gasteiger partial charge in [0.05, 0.1) is 5.69 Å². The van der Waals surface area contributed by atoms with Crippen molar-refractivity contribution in [1.82, 2.24) is 15.0 Å². The third-order valence-electron chi connectivity index (χ3n) is 3.39. The van der Waals surface area contributed by atoms with E-state index in [2.05, 4.69) is 56.2 Å². The molecule has 2 rings (SSSR count). The van der Waals surface area contributed by atoms with Crippen molar-refractivity contribution in [3.05, 3.63) is 46.8 Å². The normalized spacial score (nSPS) is 12.7. The fourth-order valence-electron chi connectivity index (χ4n) is 2.30. The van der Waals surface area contributed by atoms with E-state index in [4.69, 9.17) is 0 Å². The maximum absolute atomic E-state index is 4.22. The third kappa shape index (κ3) is 2.78. The Morgan fingerprint density at radius 3 is 2.72 bits per heavy atom. The van der Waals surface area contributed by atoms with Crippen LogP contribution in [0.4, 0.5) is 0 Å². The molecule has 1 aromatic carbocycles. The lowest BCUT2D eigenvalue weighted by molar-refractivity contribution is 0.626. The van der Waals surface area contributed by atoms with Crippen LogP contribution in [-0.2, 0) is 13.0 Å². The Balaban J connectivity index is 2.16. The van der Waals surface area contributed by atoms with Crippen LogP contribution in [0.25, 0.3) is 0 Å². The molecule has 0 radical (unpaired) electrons. The summed E-state index contributed by atoms with van der Waals surface area (Å²) in [5.74, 6) is 0.479. The highest BCUT2D eigenvalue weighted by molar-refractivity contribution is 5.33. The molecule has 0 bridgehead atoms. The van der Waals surface area contributed by atoms with E-state index in [1.54, 1.807) is 0 Å². The van der Waals surface area contributed by atoms with Gasteiger partial charge >= 0.3 is 0 Å². The van der Waals surface area contributed by atoms with Gasteiger partial charge in [-0.25, -0.2) is 0 Å². The molecule has 3 heteroatoms. The molecule has 1 unspecified atom stereocenters. The monoisotopic (exact) mass is 243 g/mol. The summed E-state index contributed by atoms with van der Waals surface area (Å²) in [6.07, 6.45) is 2.99. The summed E-state index contributed by atoms with van der Waals surface area (Å²) in [6.45, 7) is 9.53. The number of aromatic nitrogens is 3. The average molecular weight is 243 g/mol. The van der Waals surface area contributed by atoms with Gasteiger partial charge in [-0.1, -0.05) is 35.9 Å². The molecule has 2 aromatic rings. The predicted octanol–water partition coefficient (Wildman–Crippen LogP) is 3.26. The van der Waals surface area contributed by atoms with E-state index < -0.39 is 0 Å². The van der Waals surface area contributed by atoms with Crippen molar-refractivity contribution in [2.45, 2.75) is 46.6 Å². The number of rotatable bonds is 4. The minimum atomic E-state index is 0.479. The maximum Gasteiger partial charge on any atom is 0.0833 e. The van der Waals surface area contributed by atoms with Crippen LogP contribution < -0.4 is 0 Å². The zero-order chi connectivity index (χ0) is 13.1. The van der Waals surface area contributed by atoms with Gasteiger partial charge in [0.2, 0.25) is 0 Å². The first kappa shape index (κ1) is 12.8. The summed E-state index contributed by atoms with van der Waals surface area (Å²) in [7, 11) is 0. The van der Waals surface area contributed by atoms with Crippen LogP contribution in [0.2, 0.25) is 0 Å². The molecule has 3 nitrogen and oxygen atoms in total.